The van der Waals surface area contributed by atoms with Crippen LogP contribution in [0.4, 0.5) is 0 Å². The van der Waals surface area contributed by atoms with E-state index in [1.165, 1.54) is 17.7 Å². The van der Waals surface area contributed by atoms with E-state index < -0.39 is 0 Å². The molecule has 2 N–H and O–H groups in total. The second kappa shape index (κ2) is 13.7. The number of nitrogens with zero attached hydrogens (tertiary/aromatic N) is 2. The van der Waals surface area contributed by atoms with Gasteiger partial charge in [-0.1, -0.05) is 6.07 Å². The van der Waals surface area contributed by atoms with Crippen LogP contribution in [0.25, 0.3) is 0 Å². The molecule has 9 heteroatoms. The molecule has 2 heterocycles. The number of nitrogens with one attached hydrogen (secondary N) is 2. The van der Waals surface area contributed by atoms with Crippen LogP contribution in [-0.4, -0.2) is 58.4 Å². The normalized spacial score (nSPS) is 15.1. The van der Waals surface area contributed by atoms with Crippen molar-refractivity contribution in [3.05, 3.63) is 40.1 Å². The fourth-order valence-electron chi connectivity index (χ4n) is 3.86. The van der Waals surface area contributed by atoms with Crippen LogP contribution in [0, 0.1) is 0 Å². The first-order chi connectivity index (χ1) is 15.2. The number of hydrogen-bond acceptors (Lipinski definition) is 6. The van der Waals surface area contributed by atoms with E-state index in [9.17, 15) is 0 Å². The van der Waals surface area contributed by atoms with E-state index in [1.807, 2.05) is 23.5 Å². The van der Waals surface area contributed by atoms with E-state index in [-0.39, 0.29) is 24.0 Å². The Kier molecular flexibility index (Phi) is 11.4. The molecule has 1 saturated heterocycles. The minimum absolute atomic E-state index is 0. The molecule has 0 radical (unpaired) electrons. The van der Waals surface area contributed by atoms with Crippen molar-refractivity contribution >= 4 is 41.3 Å². The quantitative estimate of drug-likeness (QED) is 0.251. The SMILES string of the molecule is CCNC(=NCc1cc(OC)c(OC)cc1OC)NCC(c1cccs1)N1CCCC1.I. The van der Waals surface area contributed by atoms with Crippen LogP contribution in [0.3, 0.4) is 0 Å². The van der Waals surface area contributed by atoms with Gasteiger partial charge in [-0.2, -0.15) is 0 Å². The van der Waals surface area contributed by atoms with E-state index in [0.29, 0.717) is 24.1 Å². The fraction of sp³-hybridized carbons (Fsp3) is 0.522. The average Bonchev–Trinajstić information content (AvgIpc) is 3.52. The molecule has 0 bridgehead atoms. The lowest BCUT2D eigenvalue weighted by Crippen LogP contribution is -2.42. The van der Waals surface area contributed by atoms with Gasteiger partial charge in [-0.05, 0) is 50.4 Å². The maximum Gasteiger partial charge on any atom is 0.191 e. The Bertz CT molecular complexity index is 842. The minimum atomic E-state index is 0. The van der Waals surface area contributed by atoms with Crippen molar-refractivity contribution in [2.24, 2.45) is 4.99 Å². The van der Waals surface area contributed by atoms with Gasteiger partial charge in [-0.15, -0.1) is 35.3 Å². The van der Waals surface area contributed by atoms with Gasteiger partial charge in [0.25, 0.3) is 0 Å². The lowest BCUT2D eigenvalue weighted by molar-refractivity contribution is 0.249. The number of likely N-dealkylation sites (tertiary alicyclic amines) is 1. The molecule has 0 spiro atoms. The standard InChI is InChI=1S/C23H34N4O3S.HI/c1-5-24-23(25-15-17-13-20(29-3)21(30-4)14-19(17)28-2)26-16-18(22-9-8-12-31-22)27-10-6-7-11-27;/h8-9,12-14,18H,5-7,10-11,15-16H2,1-4H3,(H2,24,25,26);1H. The summed E-state index contributed by atoms with van der Waals surface area (Å²) in [6.07, 6.45) is 2.55. The van der Waals surface area contributed by atoms with Crippen LogP contribution in [0.15, 0.2) is 34.6 Å². The first-order valence-corrected chi connectivity index (χ1v) is 11.7. The van der Waals surface area contributed by atoms with Crippen LogP contribution in [0.5, 0.6) is 17.2 Å². The summed E-state index contributed by atoms with van der Waals surface area (Å²) in [4.78, 5) is 8.77. The zero-order valence-electron chi connectivity index (χ0n) is 19.3. The van der Waals surface area contributed by atoms with Crippen molar-refractivity contribution in [3.8, 4) is 17.2 Å². The number of benzene rings is 1. The van der Waals surface area contributed by atoms with Crippen LogP contribution < -0.4 is 24.8 Å². The van der Waals surface area contributed by atoms with Gasteiger partial charge in [0.15, 0.2) is 17.5 Å². The summed E-state index contributed by atoms with van der Waals surface area (Å²) in [5.74, 6) is 2.82. The molecule has 3 rings (SSSR count). The zero-order chi connectivity index (χ0) is 22.1. The van der Waals surface area contributed by atoms with Gasteiger partial charge in [-0.25, -0.2) is 4.99 Å². The van der Waals surface area contributed by atoms with E-state index in [2.05, 4.69) is 40.0 Å². The van der Waals surface area contributed by atoms with Gasteiger partial charge < -0.3 is 24.8 Å². The highest BCUT2D eigenvalue weighted by Crippen LogP contribution is 2.35. The number of guanidine groups is 1. The molecular formula is C23H35IN4O3S. The molecule has 1 aromatic heterocycles. The Morgan fingerprint density at radius 2 is 1.75 bits per heavy atom. The Labute approximate surface area is 212 Å². The van der Waals surface area contributed by atoms with E-state index in [4.69, 9.17) is 19.2 Å². The highest BCUT2D eigenvalue weighted by Gasteiger charge is 2.24. The third-order valence-corrected chi connectivity index (χ3v) is 6.43. The Hall–Kier alpha value is -1.72. The van der Waals surface area contributed by atoms with Crippen LogP contribution in [0.1, 0.15) is 36.2 Å². The second-order valence-corrected chi connectivity index (χ2v) is 8.35. The highest BCUT2D eigenvalue weighted by molar-refractivity contribution is 14.0. The summed E-state index contributed by atoms with van der Waals surface area (Å²) in [7, 11) is 4.90. The Morgan fingerprint density at radius 1 is 1.06 bits per heavy atom. The molecule has 7 nitrogen and oxygen atoms in total. The molecule has 0 amide bonds. The lowest BCUT2D eigenvalue weighted by atomic mass is 10.1. The number of ether oxygens (including phenoxy) is 3. The molecular weight excluding hydrogens is 539 g/mol. The summed E-state index contributed by atoms with van der Waals surface area (Å²) in [6.45, 7) is 6.46. The fourth-order valence-corrected chi connectivity index (χ4v) is 4.72. The van der Waals surface area contributed by atoms with Crippen LogP contribution >= 0.6 is 35.3 Å². The summed E-state index contributed by atoms with van der Waals surface area (Å²) >= 11 is 1.82. The number of hydrogen-bond donors (Lipinski definition) is 2. The molecule has 178 valence electrons. The molecule has 0 saturated carbocycles. The maximum atomic E-state index is 5.54. The zero-order valence-corrected chi connectivity index (χ0v) is 22.5. The number of rotatable bonds is 10. The van der Waals surface area contributed by atoms with Crippen LogP contribution in [0.2, 0.25) is 0 Å². The van der Waals surface area contributed by atoms with E-state index in [0.717, 1.165) is 43.5 Å². The maximum absolute atomic E-state index is 5.54. The average molecular weight is 575 g/mol. The van der Waals surface area contributed by atoms with Gasteiger partial charge in [0.2, 0.25) is 0 Å². The van der Waals surface area contributed by atoms with Crippen molar-refractivity contribution < 1.29 is 14.2 Å². The topological polar surface area (TPSA) is 67.4 Å². The lowest BCUT2D eigenvalue weighted by Gasteiger charge is -2.27. The largest absolute Gasteiger partial charge is 0.496 e. The number of halogens is 1. The molecule has 1 aromatic carbocycles. The monoisotopic (exact) mass is 574 g/mol. The molecule has 1 unspecified atom stereocenters. The Morgan fingerprint density at radius 3 is 2.34 bits per heavy atom. The van der Waals surface area contributed by atoms with E-state index in [1.54, 1.807) is 21.3 Å². The predicted octanol–water partition coefficient (Wildman–Crippen LogP) is 4.28. The van der Waals surface area contributed by atoms with Crippen molar-refractivity contribution in [1.82, 2.24) is 15.5 Å². The molecule has 2 aromatic rings. The van der Waals surface area contributed by atoms with Gasteiger partial charge in [0.1, 0.15) is 5.75 Å². The summed E-state index contributed by atoms with van der Waals surface area (Å²) < 4.78 is 16.4. The van der Waals surface area contributed by atoms with Gasteiger partial charge in [0.05, 0.1) is 33.9 Å². The second-order valence-electron chi connectivity index (χ2n) is 7.37. The van der Waals surface area contributed by atoms with Crippen molar-refractivity contribution in [1.29, 1.82) is 0 Å². The third-order valence-electron chi connectivity index (χ3n) is 5.45. The molecule has 32 heavy (non-hydrogen) atoms. The molecule has 1 fully saturated rings. The van der Waals surface area contributed by atoms with Crippen molar-refractivity contribution in [2.45, 2.75) is 32.4 Å². The molecule has 1 aliphatic rings. The number of aliphatic imine (C=N–C) groups is 1. The third kappa shape index (κ3) is 6.89. The van der Waals surface area contributed by atoms with Gasteiger partial charge in [-0.3, -0.25) is 4.90 Å². The first kappa shape index (κ1) is 26.5. The Balaban J connectivity index is 0.00000363. The molecule has 0 aliphatic carbocycles. The number of methoxy groups -OCH3 is 3. The smallest absolute Gasteiger partial charge is 0.191 e. The minimum Gasteiger partial charge on any atom is -0.496 e. The summed E-state index contributed by atoms with van der Waals surface area (Å²) in [5.41, 5.74) is 0.937. The predicted molar refractivity (Wildman–Crippen MR) is 142 cm³/mol. The number of thiophene rings is 1. The summed E-state index contributed by atoms with van der Waals surface area (Å²) in [5, 5.41) is 9.07. The van der Waals surface area contributed by atoms with Gasteiger partial charge in [0, 0.05) is 29.6 Å². The first-order valence-electron chi connectivity index (χ1n) is 10.8. The highest BCUT2D eigenvalue weighted by atomic mass is 127. The molecule has 1 atom stereocenters. The van der Waals surface area contributed by atoms with Crippen molar-refractivity contribution in [2.75, 3.05) is 47.5 Å². The van der Waals surface area contributed by atoms with Crippen molar-refractivity contribution in [3.63, 3.8) is 0 Å². The van der Waals surface area contributed by atoms with Crippen LogP contribution in [-0.2, 0) is 6.54 Å². The van der Waals surface area contributed by atoms with Gasteiger partial charge >= 0.3 is 0 Å². The summed E-state index contributed by atoms with van der Waals surface area (Å²) in [6, 6.07) is 8.48. The van der Waals surface area contributed by atoms with E-state index >= 15 is 0 Å². The molecule has 1 aliphatic heterocycles.